The third-order valence-electron chi connectivity index (χ3n) is 2.16. The Bertz CT molecular complexity index is 498. The highest BCUT2D eigenvalue weighted by Crippen LogP contribution is 2.17. The number of aliphatic carboxylic acids is 1. The van der Waals surface area contributed by atoms with Gasteiger partial charge in [0, 0.05) is 18.1 Å². The average Bonchev–Trinajstić information content (AvgIpc) is 2.26. The molecule has 94 valence electrons. The smallest absolute Gasteiger partial charge is 0.304 e. The van der Waals surface area contributed by atoms with Gasteiger partial charge in [0.25, 0.3) is 0 Å². The first-order valence-electron chi connectivity index (χ1n) is 4.78. The highest BCUT2D eigenvalue weighted by Gasteiger charge is 2.20. The summed E-state index contributed by atoms with van der Waals surface area (Å²) >= 11 is 3.21. The van der Waals surface area contributed by atoms with Crippen LogP contribution in [-0.4, -0.2) is 37.4 Å². The van der Waals surface area contributed by atoms with Gasteiger partial charge in [-0.3, -0.25) is 4.79 Å². The Labute approximate surface area is 108 Å². The second-order valence-corrected chi connectivity index (χ2v) is 6.38. The minimum Gasteiger partial charge on any atom is -0.481 e. The van der Waals surface area contributed by atoms with Crippen molar-refractivity contribution in [3.63, 3.8) is 0 Å². The molecule has 0 aromatic heterocycles. The van der Waals surface area contributed by atoms with Crippen LogP contribution in [0.25, 0.3) is 0 Å². The van der Waals surface area contributed by atoms with Crippen LogP contribution in [0.1, 0.15) is 6.42 Å². The topological polar surface area (TPSA) is 74.7 Å². The number of benzene rings is 1. The Hall–Kier alpha value is -0.920. The molecule has 0 amide bonds. The van der Waals surface area contributed by atoms with Crippen molar-refractivity contribution in [1.29, 1.82) is 0 Å². The lowest BCUT2D eigenvalue weighted by Crippen LogP contribution is -2.29. The molecule has 0 aliphatic rings. The number of halogens is 1. The molecule has 1 aromatic carbocycles. The lowest BCUT2D eigenvalue weighted by molar-refractivity contribution is -0.137. The molecule has 0 aliphatic carbocycles. The second kappa shape index (κ2) is 5.61. The maximum atomic E-state index is 12.0. The number of rotatable bonds is 5. The van der Waals surface area contributed by atoms with Crippen molar-refractivity contribution in [2.75, 3.05) is 13.6 Å². The molecule has 5 nitrogen and oxygen atoms in total. The Balaban J connectivity index is 2.87. The zero-order chi connectivity index (χ0) is 13.1. The number of nitrogens with zero attached hydrogens (tertiary/aromatic N) is 1. The van der Waals surface area contributed by atoms with Crippen molar-refractivity contribution in [3.05, 3.63) is 28.7 Å². The van der Waals surface area contributed by atoms with Gasteiger partial charge in [0.1, 0.15) is 0 Å². The second-order valence-electron chi connectivity index (χ2n) is 3.42. The van der Waals surface area contributed by atoms with Crippen molar-refractivity contribution < 1.29 is 18.3 Å². The Morgan fingerprint density at radius 2 is 1.88 bits per heavy atom. The fourth-order valence-corrected chi connectivity index (χ4v) is 2.60. The van der Waals surface area contributed by atoms with E-state index < -0.39 is 16.0 Å². The van der Waals surface area contributed by atoms with Crippen molar-refractivity contribution in [1.82, 2.24) is 4.31 Å². The molecule has 1 N–H and O–H groups in total. The van der Waals surface area contributed by atoms with Crippen LogP contribution in [0, 0.1) is 0 Å². The first-order chi connectivity index (χ1) is 7.84. The summed E-state index contributed by atoms with van der Waals surface area (Å²) in [7, 11) is -2.24. The highest BCUT2D eigenvalue weighted by atomic mass is 79.9. The summed E-state index contributed by atoms with van der Waals surface area (Å²) in [5.41, 5.74) is 0. The normalized spacial score (nSPS) is 11.7. The van der Waals surface area contributed by atoms with Gasteiger partial charge in [-0.05, 0) is 24.3 Å². The van der Waals surface area contributed by atoms with Gasteiger partial charge in [0.05, 0.1) is 11.3 Å². The molecule has 0 fully saturated rings. The largest absolute Gasteiger partial charge is 0.481 e. The molecule has 0 heterocycles. The quantitative estimate of drug-likeness (QED) is 0.892. The van der Waals surface area contributed by atoms with E-state index in [1.54, 1.807) is 12.1 Å². The third-order valence-corrected chi connectivity index (χ3v) is 4.56. The summed E-state index contributed by atoms with van der Waals surface area (Å²) in [5, 5.41) is 8.51. The van der Waals surface area contributed by atoms with Crippen LogP contribution in [0.3, 0.4) is 0 Å². The standard InChI is InChI=1S/C10H12BrNO4S/c1-12(7-6-10(13)14)17(15,16)9-4-2-8(11)3-5-9/h2-5H,6-7H2,1H3,(H,13,14). The molecule has 0 bridgehead atoms. The predicted molar refractivity (Wildman–Crippen MR) is 66.2 cm³/mol. The molecule has 0 saturated carbocycles. The number of sulfonamides is 1. The average molecular weight is 322 g/mol. The maximum Gasteiger partial charge on any atom is 0.304 e. The van der Waals surface area contributed by atoms with Crippen molar-refractivity contribution in [2.24, 2.45) is 0 Å². The van der Waals surface area contributed by atoms with Crippen molar-refractivity contribution in [3.8, 4) is 0 Å². The van der Waals surface area contributed by atoms with E-state index in [0.29, 0.717) is 0 Å². The van der Waals surface area contributed by atoms with Crippen molar-refractivity contribution >= 4 is 31.9 Å². The lowest BCUT2D eigenvalue weighted by atomic mass is 10.4. The van der Waals surface area contributed by atoms with Gasteiger partial charge < -0.3 is 5.11 Å². The monoisotopic (exact) mass is 321 g/mol. The Morgan fingerprint density at radius 1 is 1.35 bits per heavy atom. The molecule has 0 unspecified atom stereocenters. The molecule has 0 spiro atoms. The lowest BCUT2D eigenvalue weighted by Gasteiger charge is -2.16. The maximum absolute atomic E-state index is 12.0. The number of carboxylic acids is 1. The van der Waals surface area contributed by atoms with E-state index in [-0.39, 0.29) is 17.9 Å². The highest BCUT2D eigenvalue weighted by molar-refractivity contribution is 9.10. The van der Waals surface area contributed by atoms with E-state index in [2.05, 4.69) is 15.9 Å². The zero-order valence-electron chi connectivity index (χ0n) is 9.13. The summed E-state index contributed by atoms with van der Waals surface area (Å²) in [6.45, 7) is -0.0479. The fraction of sp³-hybridized carbons (Fsp3) is 0.300. The molecule has 17 heavy (non-hydrogen) atoms. The summed E-state index contributed by atoms with van der Waals surface area (Å²) in [6.07, 6.45) is -0.216. The van der Waals surface area contributed by atoms with Gasteiger partial charge in [-0.1, -0.05) is 15.9 Å². The molecular weight excluding hydrogens is 310 g/mol. The van der Waals surface area contributed by atoms with E-state index >= 15 is 0 Å². The van der Waals surface area contributed by atoms with Crippen LogP contribution < -0.4 is 0 Å². The molecule has 0 saturated heterocycles. The minimum atomic E-state index is -3.60. The van der Waals surface area contributed by atoms with Gasteiger partial charge in [0.15, 0.2) is 0 Å². The van der Waals surface area contributed by atoms with E-state index in [0.717, 1.165) is 8.78 Å². The Kier molecular flexibility index (Phi) is 4.67. The van der Waals surface area contributed by atoms with Crippen LogP contribution in [0.15, 0.2) is 33.6 Å². The van der Waals surface area contributed by atoms with Gasteiger partial charge in [0.2, 0.25) is 10.0 Å². The molecule has 1 aromatic rings. The summed E-state index contributed by atoms with van der Waals surface area (Å²) in [6, 6.07) is 6.18. The van der Waals surface area contributed by atoms with Crippen LogP contribution in [0.2, 0.25) is 0 Å². The van der Waals surface area contributed by atoms with Gasteiger partial charge in [-0.2, -0.15) is 0 Å². The van der Waals surface area contributed by atoms with Gasteiger partial charge in [-0.25, -0.2) is 12.7 Å². The van der Waals surface area contributed by atoms with Crippen LogP contribution in [0.4, 0.5) is 0 Å². The van der Waals surface area contributed by atoms with Crippen LogP contribution >= 0.6 is 15.9 Å². The van der Waals surface area contributed by atoms with E-state index in [1.165, 1.54) is 19.2 Å². The zero-order valence-corrected chi connectivity index (χ0v) is 11.5. The minimum absolute atomic E-state index is 0.0479. The van der Waals surface area contributed by atoms with E-state index in [4.69, 9.17) is 5.11 Å². The molecule has 1 rings (SSSR count). The van der Waals surface area contributed by atoms with Crippen molar-refractivity contribution in [2.45, 2.75) is 11.3 Å². The SMILES string of the molecule is CN(CCC(=O)O)S(=O)(=O)c1ccc(Br)cc1. The Morgan fingerprint density at radius 3 is 2.35 bits per heavy atom. The number of hydrogen-bond acceptors (Lipinski definition) is 3. The first kappa shape index (κ1) is 14.1. The predicted octanol–water partition coefficient (Wildman–Crippen LogP) is 1.54. The number of carboxylic acid groups (broad SMARTS) is 1. The summed E-state index contributed by atoms with van der Waals surface area (Å²) in [4.78, 5) is 10.5. The summed E-state index contributed by atoms with van der Waals surface area (Å²) in [5.74, 6) is -1.03. The molecule has 0 atom stereocenters. The van der Waals surface area contributed by atoms with Gasteiger partial charge in [-0.15, -0.1) is 0 Å². The molecule has 0 radical (unpaired) electrons. The molecule has 0 aliphatic heterocycles. The third kappa shape index (κ3) is 3.79. The number of carbonyl (C=O) groups is 1. The fourth-order valence-electron chi connectivity index (χ4n) is 1.16. The molecule has 7 heteroatoms. The van der Waals surface area contributed by atoms with E-state index in [1.807, 2.05) is 0 Å². The van der Waals surface area contributed by atoms with Crippen LogP contribution in [-0.2, 0) is 14.8 Å². The summed E-state index contributed by atoms with van der Waals surface area (Å²) < 4.78 is 25.8. The number of hydrogen-bond donors (Lipinski definition) is 1. The van der Waals surface area contributed by atoms with E-state index in [9.17, 15) is 13.2 Å². The molecular formula is C10H12BrNO4S. The first-order valence-corrected chi connectivity index (χ1v) is 7.01. The van der Waals surface area contributed by atoms with Gasteiger partial charge >= 0.3 is 5.97 Å². The van der Waals surface area contributed by atoms with Crippen LogP contribution in [0.5, 0.6) is 0 Å².